The van der Waals surface area contributed by atoms with Gasteiger partial charge in [0.25, 0.3) is 10.0 Å². The van der Waals surface area contributed by atoms with Crippen LogP contribution in [0.15, 0.2) is 70.3 Å². The third-order valence-corrected chi connectivity index (χ3v) is 8.08. The number of nitrogens with zero attached hydrogens (tertiary/aromatic N) is 1. The van der Waals surface area contributed by atoms with Crippen molar-refractivity contribution in [1.29, 1.82) is 0 Å². The lowest BCUT2D eigenvalue weighted by molar-refractivity contribution is 0.0697. The van der Waals surface area contributed by atoms with E-state index < -0.39 is 16.0 Å². The van der Waals surface area contributed by atoms with E-state index in [2.05, 4.69) is 0 Å². The molecule has 3 rings (SSSR count). The lowest BCUT2D eigenvalue weighted by Gasteiger charge is -2.26. The minimum atomic E-state index is -3.62. The molecule has 2 aromatic carbocycles. The molecule has 0 saturated carbocycles. The Morgan fingerprint density at radius 1 is 1.00 bits per heavy atom. The lowest BCUT2D eigenvalue weighted by atomic mass is 10.0. The van der Waals surface area contributed by atoms with E-state index in [0.29, 0.717) is 29.3 Å². The minimum Gasteiger partial charge on any atom is -0.478 e. The third-order valence-electron chi connectivity index (χ3n) is 4.90. The maximum absolute atomic E-state index is 13.3. The fourth-order valence-corrected chi connectivity index (χ4v) is 5.89. The van der Waals surface area contributed by atoms with E-state index in [0.717, 1.165) is 24.0 Å². The summed E-state index contributed by atoms with van der Waals surface area (Å²) in [6.45, 7) is 2.48. The summed E-state index contributed by atoms with van der Waals surface area (Å²) in [5.74, 6) is -0.947. The van der Waals surface area contributed by atoms with E-state index in [1.54, 1.807) is 29.6 Å². The van der Waals surface area contributed by atoms with Crippen LogP contribution >= 0.6 is 11.3 Å². The van der Waals surface area contributed by atoms with Gasteiger partial charge in [0.05, 0.1) is 11.3 Å². The number of hydrogen-bond acceptors (Lipinski definition) is 4. The molecule has 0 unspecified atom stereocenters. The molecule has 0 bridgehead atoms. The Bertz CT molecular complexity index is 1070. The molecular weight excluding hydrogens is 418 g/mol. The molecule has 1 N–H and O–H groups in total. The van der Waals surface area contributed by atoms with E-state index in [-0.39, 0.29) is 5.56 Å². The van der Waals surface area contributed by atoms with Crippen molar-refractivity contribution in [2.45, 2.75) is 36.8 Å². The predicted octanol–water partition coefficient (Wildman–Crippen LogP) is 5.23. The van der Waals surface area contributed by atoms with Gasteiger partial charge < -0.3 is 5.11 Å². The van der Waals surface area contributed by atoms with Crippen molar-refractivity contribution in [2.24, 2.45) is 0 Å². The molecule has 3 aromatic rings. The first-order valence-electron chi connectivity index (χ1n) is 9.90. The van der Waals surface area contributed by atoms with Crippen LogP contribution in [0.1, 0.15) is 41.3 Å². The van der Waals surface area contributed by atoms with E-state index in [1.807, 2.05) is 43.3 Å². The van der Waals surface area contributed by atoms with Gasteiger partial charge in [-0.3, -0.25) is 4.31 Å². The molecule has 5 nitrogen and oxygen atoms in total. The first-order chi connectivity index (χ1) is 14.4. The summed E-state index contributed by atoms with van der Waals surface area (Å²) in [6.07, 6.45) is 3.02. The quantitative estimate of drug-likeness (QED) is 0.466. The fourth-order valence-electron chi connectivity index (χ4n) is 3.25. The van der Waals surface area contributed by atoms with Crippen molar-refractivity contribution in [3.8, 4) is 0 Å². The maximum atomic E-state index is 13.3. The predicted molar refractivity (Wildman–Crippen MR) is 121 cm³/mol. The van der Waals surface area contributed by atoms with Crippen molar-refractivity contribution in [2.75, 3.05) is 10.8 Å². The zero-order valence-corrected chi connectivity index (χ0v) is 18.5. The molecule has 0 radical (unpaired) electrons. The summed E-state index contributed by atoms with van der Waals surface area (Å²) in [6, 6.07) is 17.8. The lowest BCUT2D eigenvalue weighted by Crippen LogP contribution is -2.32. The number of benzene rings is 2. The summed E-state index contributed by atoms with van der Waals surface area (Å²) in [4.78, 5) is 11.0. The van der Waals surface area contributed by atoms with E-state index in [1.165, 1.54) is 15.6 Å². The average Bonchev–Trinajstić information content (AvgIpc) is 3.29. The minimum absolute atomic E-state index is 0.256. The van der Waals surface area contributed by atoms with Crippen LogP contribution in [0, 0.1) is 0 Å². The highest BCUT2D eigenvalue weighted by Gasteiger charge is 2.27. The molecule has 1 heterocycles. The molecule has 1 aromatic heterocycles. The normalized spacial score (nSPS) is 11.4. The van der Waals surface area contributed by atoms with Gasteiger partial charge in [-0.1, -0.05) is 49.7 Å². The van der Waals surface area contributed by atoms with Gasteiger partial charge >= 0.3 is 5.97 Å². The monoisotopic (exact) mass is 443 g/mol. The molecule has 7 heteroatoms. The number of carboxylic acid groups (broad SMARTS) is 1. The van der Waals surface area contributed by atoms with Crippen LogP contribution in [0.4, 0.5) is 5.69 Å². The summed E-state index contributed by atoms with van der Waals surface area (Å²) < 4.78 is 28.5. The van der Waals surface area contributed by atoms with Crippen molar-refractivity contribution in [3.05, 3.63) is 82.7 Å². The van der Waals surface area contributed by atoms with Crippen molar-refractivity contribution >= 4 is 33.0 Å². The molecule has 0 aliphatic rings. The Morgan fingerprint density at radius 3 is 2.37 bits per heavy atom. The Morgan fingerprint density at radius 2 is 1.73 bits per heavy atom. The number of para-hydroxylation sites is 1. The summed E-state index contributed by atoms with van der Waals surface area (Å²) in [5.41, 5.74) is 2.93. The Kier molecular flexibility index (Phi) is 7.29. The molecule has 0 amide bonds. The van der Waals surface area contributed by atoms with Crippen molar-refractivity contribution < 1.29 is 18.3 Å². The highest BCUT2D eigenvalue weighted by Crippen LogP contribution is 2.30. The fraction of sp³-hybridized carbons (Fsp3) is 0.261. The van der Waals surface area contributed by atoms with Crippen molar-refractivity contribution in [3.63, 3.8) is 0 Å². The van der Waals surface area contributed by atoms with Crippen molar-refractivity contribution in [1.82, 2.24) is 0 Å². The zero-order valence-electron chi connectivity index (χ0n) is 16.8. The highest BCUT2D eigenvalue weighted by molar-refractivity contribution is 7.94. The van der Waals surface area contributed by atoms with Crippen LogP contribution in [0.5, 0.6) is 0 Å². The molecule has 0 fully saturated rings. The molecule has 0 saturated heterocycles. The average molecular weight is 444 g/mol. The second-order valence-electron chi connectivity index (χ2n) is 6.99. The van der Waals surface area contributed by atoms with Gasteiger partial charge in [0.2, 0.25) is 0 Å². The van der Waals surface area contributed by atoms with Gasteiger partial charge in [0.1, 0.15) is 4.21 Å². The smallest absolute Gasteiger partial charge is 0.335 e. The van der Waals surface area contributed by atoms with E-state index >= 15 is 0 Å². The molecule has 0 aliphatic heterocycles. The van der Waals surface area contributed by atoms with Gasteiger partial charge in [-0.25, -0.2) is 13.2 Å². The summed E-state index contributed by atoms with van der Waals surface area (Å²) >= 11 is 1.23. The largest absolute Gasteiger partial charge is 0.478 e. The first kappa shape index (κ1) is 22.1. The van der Waals surface area contributed by atoms with Gasteiger partial charge in [0, 0.05) is 6.54 Å². The second kappa shape index (κ2) is 9.91. The van der Waals surface area contributed by atoms with Crippen LogP contribution < -0.4 is 4.31 Å². The zero-order chi connectivity index (χ0) is 21.6. The molecule has 0 aliphatic carbocycles. The van der Waals surface area contributed by atoms with Crippen LogP contribution in [-0.4, -0.2) is 26.0 Å². The Balaban J connectivity index is 1.88. The standard InChI is InChI=1S/C23H25NO4S2/c1-2-3-16-24(30(27,28)22-9-6-17-29-22)21-8-5-4-7-19(21)13-10-18-11-14-20(15-12-18)23(25)26/h4-9,11-12,14-15,17H,2-3,10,13,16H2,1H3,(H,25,26). The number of aryl methyl sites for hydroxylation is 2. The number of hydrogen-bond donors (Lipinski definition) is 1. The summed E-state index contributed by atoms with van der Waals surface area (Å²) in [5, 5.41) is 10.8. The molecule has 0 atom stereocenters. The Hall–Kier alpha value is -2.64. The van der Waals surface area contributed by atoms with Gasteiger partial charge in [-0.15, -0.1) is 11.3 Å². The first-order valence-corrected chi connectivity index (χ1v) is 12.2. The molecule has 158 valence electrons. The van der Waals surface area contributed by atoms with Crippen LogP contribution in [0.2, 0.25) is 0 Å². The van der Waals surface area contributed by atoms with E-state index in [9.17, 15) is 13.2 Å². The number of aromatic carboxylic acids is 1. The van der Waals surface area contributed by atoms with Gasteiger partial charge in [0.15, 0.2) is 0 Å². The molecular formula is C23H25NO4S2. The number of carboxylic acids is 1. The maximum Gasteiger partial charge on any atom is 0.335 e. The number of carbonyl (C=O) groups is 1. The third kappa shape index (κ3) is 5.09. The van der Waals surface area contributed by atoms with Gasteiger partial charge in [-0.2, -0.15) is 0 Å². The van der Waals surface area contributed by atoms with Crippen LogP contribution in [0.25, 0.3) is 0 Å². The van der Waals surface area contributed by atoms with E-state index in [4.69, 9.17) is 5.11 Å². The highest BCUT2D eigenvalue weighted by atomic mass is 32.2. The topological polar surface area (TPSA) is 74.7 Å². The number of unbranched alkanes of at least 4 members (excludes halogenated alkanes) is 1. The molecule has 0 spiro atoms. The number of sulfonamides is 1. The molecule has 30 heavy (non-hydrogen) atoms. The van der Waals surface area contributed by atoms with Crippen LogP contribution in [0.3, 0.4) is 0 Å². The Labute approximate surface area is 181 Å². The number of anilines is 1. The van der Waals surface area contributed by atoms with Gasteiger partial charge in [-0.05, 0) is 60.0 Å². The van der Waals surface area contributed by atoms with Crippen LogP contribution in [-0.2, 0) is 22.9 Å². The second-order valence-corrected chi connectivity index (χ2v) is 10.0. The summed E-state index contributed by atoms with van der Waals surface area (Å²) in [7, 11) is -3.62. The number of rotatable bonds is 10. The number of thiophene rings is 1. The SMILES string of the molecule is CCCCN(c1ccccc1CCc1ccc(C(=O)O)cc1)S(=O)(=O)c1cccs1.